The summed E-state index contributed by atoms with van der Waals surface area (Å²) in [4.78, 5) is 29.3. The second-order valence-corrected chi connectivity index (χ2v) is 7.93. The molecule has 2 aromatic carbocycles. The molecule has 0 aliphatic carbocycles. The van der Waals surface area contributed by atoms with E-state index in [1.165, 1.54) is 30.9 Å². The second-order valence-electron chi connectivity index (χ2n) is 7.93. The molecule has 0 atom stereocenters. The van der Waals surface area contributed by atoms with Crippen molar-refractivity contribution in [1.29, 1.82) is 0 Å². The van der Waals surface area contributed by atoms with E-state index >= 15 is 0 Å². The first-order valence-electron chi connectivity index (χ1n) is 9.82. The van der Waals surface area contributed by atoms with Crippen molar-refractivity contribution in [3.8, 4) is 11.3 Å². The molecule has 0 unspecified atom stereocenters. The monoisotopic (exact) mass is 414 g/mol. The number of hydrogen-bond acceptors (Lipinski definition) is 4. The number of benzene rings is 2. The van der Waals surface area contributed by atoms with Crippen molar-refractivity contribution in [1.82, 2.24) is 14.8 Å². The zero-order valence-electron chi connectivity index (χ0n) is 17.5. The molecule has 0 radical (unpaired) electrons. The molecule has 0 bridgehead atoms. The van der Waals surface area contributed by atoms with E-state index in [0.29, 0.717) is 22.5 Å². The highest BCUT2D eigenvalue weighted by Gasteiger charge is 2.30. The van der Waals surface area contributed by atoms with Crippen LogP contribution < -0.4 is 5.32 Å². The number of amides is 1. The summed E-state index contributed by atoms with van der Waals surface area (Å²) >= 11 is 0. The van der Waals surface area contributed by atoms with Crippen molar-refractivity contribution in [2.45, 2.75) is 26.3 Å². The Morgan fingerprint density at radius 3 is 2.48 bits per heavy atom. The van der Waals surface area contributed by atoms with Gasteiger partial charge in [0.1, 0.15) is 0 Å². The van der Waals surface area contributed by atoms with E-state index in [1.54, 1.807) is 6.07 Å². The van der Waals surface area contributed by atoms with Gasteiger partial charge in [0.2, 0.25) is 0 Å². The molecule has 0 aliphatic heterocycles. The van der Waals surface area contributed by atoms with Crippen molar-refractivity contribution < 1.29 is 14.7 Å². The Hall–Kier alpha value is -4.00. The molecule has 4 aromatic rings. The summed E-state index contributed by atoms with van der Waals surface area (Å²) in [6.45, 7) is 5.10. The van der Waals surface area contributed by atoms with Crippen LogP contribution in [-0.2, 0) is 10.3 Å². The van der Waals surface area contributed by atoms with Crippen molar-refractivity contribution >= 4 is 28.5 Å². The molecule has 0 aliphatic rings. The summed E-state index contributed by atoms with van der Waals surface area (Å²) in [6.07, 6.45) is 2.95. The van der Waals surface area contributed by atoms with Gasteiger partial charge in [-0.15, -0.1) is 0 Å². The lowest BCUT2D eigenvalue weighted by molar-refractivity contribution is -0.146. The molecule has 0 fully saturated rings. The Balaban J connectivity index is 1.72. The highest BCUT2D eigenvalue weighted by atomic mass is 16.4. The minimum absolute atomic E-state index is 0.320. The SMILES string of the molecule is Cc1ccc(-c2cc(C(=O)Nc3cnn(C(C)(C)C(=O)O)c3)c3ccccc3n2)cc1. The Morgan fingerprint density at radius 1 is 1.06 bits per heavy atom. The van der Waals surface area contributed by atoms with Gasteiger partial charge in [-0.05, 0) is 32.9 Å². The number of carbonyl (C=O) groups excluding carboxylic acids is 1. The Kier molecular flexibility index (Phi) is 5.02. The summed E-state index contributed by atoms with van der Waals surface area (Å²) in [7, 11) is 0. The van der Waals surface area contributed by atoms with E-state index in [2.05, 4.69) is 10.4 Å². The molecular weight excluding hydrogens is 392 g/mol. The summed E-state index contributed by atoms with van der Waals surface area (Å²) in [5.41, 5.74) is 3.14. The molecule has 7 nitrogen and oxygen atoms in total. The maximum atomic E-state index is 13.2. The highest BCUT2D eigenvalue weighted by molar-refractivity contribution is 6.13. The van der Waals surface area contributed by atoms with Crippen LogP contribution in [-0.4, -0.2) is 31.7 Å². The average molecular weight is 414 g/mol. The topological polar surface area (TPSA) is 97.1 Å². The minimum atomic E-state index is -1.23. The fourth-order valence-corrected chi connectivity index (χ4v) is 3.22. The maximum absolute atomic E-state index is 13.2. The molecule has 0 saturated heterocycles. The van der Waals surface area contributed by atoms with Crippen molar-refractivity contribution in [3.63, 3.8) is 0 Å². The fraction of sp³-hybridized carbons (Fsp3) is 0.167. The number of carbonyl (C=O) groups is 2. The molecule has 1 amide bonds. The van der Waals surface area contributed by atoms with Gasteiger partial charge in [-0.25, -0.2) is 9.78 Å². The molecule has 2 N–H and O–H groups in total. The third kappa shape index (κ3) is 3.90. The normalized spacial score (nSPS) is 11.5. The van der Waals surface area contributed by atoms with Crippen LogP contribution in [0.2, 0.25) is 0 Å². The van der Waals surface area contributed by atoms with Gasteiger partial charge in [0, 0.05) is 17.1 Å². The first-order chi connectivity index (χ1) is 14.8. The third-order valence-electron chi connectivity index (χ3n) is 5.24. The number of para-hydroxylation sites is 1. The fourth-order valence-electron chi connectivity index (χ4n) is 3.22. The molecule has 31 heavy (non-hydrogen) atoms. The van der Waals surface area contributed by atoms with Crippen LogP contribution in [0.5, 0.6) is 0 Å². The van der Waals surface area contributed by atoms with Gasteiger partial charge in [-0.1, -0.05) is 48.0 Å². The molecular formula is C24H22N4O3. The predicted molar refractivity (Wildman–Crippen MR) is 119 cm³/mol. The van der Waals surface area contributed by atoms with Gasteiger partial charge in [0.15, 0.2) is 5.54 Å². The molecule has 0 spiro atoms. The van der Waals surface area contributed by atoms with Crippen LogP contribution in [0, 0.1) is 6.92 Å². The van der Waals surface area contributed by atoms with Gasteiger partial charge in [-0.2, -0.15) is 5.10 Å². The largest absolute Gasteiger partial charge is 0.479 e. The summed E-state index contributed by atoms with van der Waals surface area (Å²) < 4.78 is 1.31. The van der Waals surface area contributed by atoms with E-state index in [9.17, 15) is 14.7 Å². The number of aliphatic carboxylic acids is 1. The van der Waals surface area contributed by atoms with Crippen LogP contribution in [0.3, 0.4) is 0 Å². The standard InChI is InChI=1S/C24H22N4O3/c1-15-8-10-16(11-9-15)21-12-19(18-6-4-5-7-20(18)27-21)22(29)26-17-13-25-28(14-17)24(2,3)23(30)31/h4-14H,1-3H3,(H,26,29)(H,30,31). The lowest BCUT2D eigenvalue weighted by Crippen LogP contribution is -2.35. The van der Waals surface area contributed by atoms with Gasteiger partial charge in [-0.3, -0.25) is 9.48 Å². The summed E-state index contributed by atoms with van der Waals surface area (Å²) in [5, 5.41) is 17.0. The number of nitrogens with one attached hydrogen (secondary N) is 1. The molecule has 4 rings (SSSR count). The van der Waals surface area contributed by atoms with Crippen molar-refractivity contribution in [2.75, 3.05) is 5.32 Å². The van der Waals surface area contributed by atoms with E-state index in [0.717, 1.165) is 16.5 Å². The van der Waals surface area contributed by atoms with E-state index in [1.807, 2.05) is 55.5 Å². The smallest absolute Gasteiger partial charge is 0.331 e. The third-order valence-corrected chi connectivity index (χ3v) is 5.24. The van der Waals surface area contributed by atoms with Gasteiger partial charge >= 0.3 is 5.97 Å². The van der Waals surface area contributed by atoms with Crippen LogP contribution in [0.15, 0.2) is 67.0 Å². The maximum Gasteiger partial charge on any atom is 0.331 e. The molecule has 156 valence electrons. The van der Waals surface area contributed by atoms with Crippen molar-refractivity contribution in [3.05, 3.63) is 78.1 Å². The van der Waals surface area contributed by atoms with E-state index < -0.39 is 11.5 Å². The molecule has 7 heteroatoms. The lowest BCUT2D eigenvalue weighted by Gasteiger charge is -2.19. The first-order valence-corrected chi connectivity index (χ1v) is 9.82. The number of hydrogen-bond donors (Lipinski definition) is 2. The molecule has 2 heterocycles. The highest BCUT2D eigenvalue weighted by Crippen LogP contribution is 2.26. The van der Waals surface area contributed by atoms with Gasteiger partial charge in [0.25, 0.3) is 5.91 Å². The minimum Gasteiger partial charge on any atom is -0.479 e. The van der Waals surface area contributed by atoms with Crippen LogP contribution in [0.4, 0.5) is 5.69 Å². The number of anilines is 1. The quantitative estimate of drug-likeness (QED) is 0.502. The zero-order chi connectivity index (χ0) is 22.2. The Bertz CT molecular complexity index is 1290. The molecule has 0 saturated carbocycles. The summed E-state index contributed by atoms with van der Waals surface area (Å²) in [6, 6.07) is 17.2. The number of nitrogens with zero attached hydrogens (tertiary/aromatic N) is 3. The Labute approximate surface area is 179 Å². The van der Waals surface area contributed by atoms with E-state index in [-0.39, 0.29) is 5.91 Å². The van der Waals surface area contributed by atoms with Gasteiger partial charge in [0.05, 0.1) is 28.7 Å². The van der Waals surface area contributed by atoms with Crippen LogP contribution >= 0.6 is 0 Å². The second kappa shape index (κ2) is 7.68. The average Bonchev–Trinajstić information content (AvgIpc) is 3.22. The number of fused-ring (bicyclic) bond motifs is 1. The molecule has 2 aromatic heterocycles. The predicted octanol–water partition coefficient (Wildman–Crippen LogP) is 4.48. The van der Waals surface area contributed by atoms with Crippen molar-refractivity contribution in [2.24, 2.45) is 0 Å². The van der Waals surface area contributed by atoms with Gasteiger partial charge < -0.3 is 10.4 Å². The zero-order valence-corrected chi connectivity index (χ0v) is 17.5. The number of aromatic nitrogens is 3. The lowest BCUT2D eigenvalue weighted by atomic mass is 10.0. The Morgan fingerprint density at radius 2 is 1.77 bits per heavy atom. The van der Waals surface area contributed by atoms with Crippen LogP contribution in [0.1, 0.15) is 29.8 Å². The number of aryl methyl sites for hydroxylation is 1. The number of rotatable bonds is 5. The summed E-state index contributed by atoms with van der Waals surface area (Å²) in [5.74, 6) is -1.34. The first kappa shape index (κ1) is 20.3. The van der Waals surface area contributed by atoms with Crippen LogP contribution in [0.25, 0.3) is 22.2 Å². The number of carboxylic acids is 1. The van der Waals surface area contributed by atoms with E-state index in [4.69, 9.17) is 4.98 Å². The number of pyridine rings is 1. The number of carboxylic acid groups (broad SMARTS) is 1.